The number of carbonyl (C=O) groups is 1. The van der Waals surface area contributed by atoms with Gasteiger partial charge in [-0.3, -0.25) is 0 Å². The van der Waals surface area contributed by atoms with Crippen LogP contribution < -0.4 is 4.90 Å². The van der Waals surface area contributed by atoms with Gasteiger partial charge in [-0.25, -0.2) is 4.79 Å². The molecule has 30 heavy (non-hydrogen) atoms. The summed E-state index contributed by atoms with van der Waals surface area (Å²) in [4.78, 5) is 14.8. The van der Waals surface area contributed by atoms with Gasteiger partial charge in [-0.1, -0.05) is 20.8 Å². The standard InChI is InChI=1S/C25H31N3O2/c1-24(2)18-14-15-25(24,3)22(16-18)30-23(29)17-6-8-19(9-7-17)26-27-20-10-12-21(13-11-20)28(4)5/h6-13,18,22H,14-16H2,1-5H3/t18-,22+,25+/m1/s1. The van der Waals surface area contributed by atoms with Crippen LogP contribution in [0, 0.1) is 16.7 Å². The fraction of sp³-hybridized carbons (Fsp3) is 0.480. The smallest absolute Gasteiger partial charge is 0.338 e. The number of carbonyl (C=O) groups excluding carboxylic acids is 1. The second-order valence-electron chi connectivity index (χ2n) is 9.66. The minimum Gasteiger partial charge on any atom is -0.458 e. The lowest BCUT2D eigenvalue weighted by atomic mass is 9.70. The maximum absolute atomic E-state index is 12.7. The summed E-state index contributed by atoms with van der Waals surface area (Å²) in [6, 6.07) is 15.0. The first-order chi connectivity index (χ1) is 14.2. The molecular weight excluding hydrogens is 374 g/mol. The first-order valence-corrected chi connectivity index (χ1v) is 10.7. The summed E-state index contributed by atoms with van der Waals surface area (Å²) >= 11 is 0. The van der Waals surface area contributed by atoms with Crippen molar-refractivity contribution in [2.45, 2.75) is 46.1 Å². The molecule has 0 radical (unpaired) electrons. The van der Waals surface area contributed by atoms with Crippen molar-refractivity contribution in [1.29, 1.82) is 0 Å². The summed E-state index contributed by atoms with van der Waals surface area (Å²) in [5.41, 5.74) is 3.47. The Morgan fingerprint density at radius 1 is 0.967 bits per heavy atom. The van der Waals surface area contributed by atoms with E-state index in [1.165, 1.54) is 6.42 Å². The number of hydrogen-bond acceptors (Lipinski definition) is 5. The summed E-state index contributed by atoms with van der Waals surface area (Å²) in [5.74, 6) is 0.405. The van der Waals surface area contributed by atoms with Crippen LogP contribution in [0.1, 0.15) is 50.4 Å². The number of esters is 1. The highest BCUT2D eigenvalue weighted by Gasteiger charge is 2.62. The van der Waals surface area contributed by atoms with Gasteiger partial charge in [0.2, 0.25) is 0 Å². The zero-order chi connectivity index (χ0) is 21.5. The lowest BCUT2D eigenvalue weighted by Gasteiger charge is -2.38. The Balaban J connectivity index is 1.39. The highest BCUT2D eigenvalue weighted by molar-refractivity contribution is 5.89. The monoisotopic (exact) mass is 405 g/mol. The van der Waals surface area contributed by atoms with E-state index in [0.717, 1.165) is 24.2 Å². The van der Waals surface area contributed by atoms with Gasteiger partial charge in [-0.05, 0) is 79.1 Å². The molecule has 158 valence electrons. The topological polar surface area (TPSA) is 54.3 Å². The van der Waals surface area contributed by atoms with Gasteiger partial charge in [0.25, 0.3) is 0 Å². The van der Waals surface area contributed by atoms with E-state index in [1.54, 1.807) is 24.3 Å². The highest BCUT2D eigenvalue weighted by atomic mass is 16.5. The molecule has 2 fully saturated rings. The van der Waals surface area contributed by atoms with Crippen molar-refractivity contribution in [1.82, 2.24) is 0 Å². The minimum absolute atomic E-state index is 0.00301. The molecule has 2 saturated carbocycles. The van der Waals surface area contributed by atoms with Gasteiger partial charge in [-0.2, -0.15) is 10.2 Å². The molecule has 0 amide bonds. The molecule has 0 aliphatic heterocycles. The van der Waals surface area contributed by atoms with Crippen LogP contribution in [-0.4, -0.2) is 26.2 Å². The van der Waals surface area contributed by atoms with Gasteiger partial charge in [-0.15, -0.1) is 0 Å². The second-order valence-corrected chi connectivity index (χ2v) is 9.66. The number of hydrogen-bond donors (Lipinski definition) is 0. The van der Waals surface area contributed by atoms with Crippen LogP contribution in [0.2, 0.25) is 0 Å². The molecule has 2 bridgehead atoms. The number of azo groups is 1. The molecule has 0 spiro atoms. The van der Waals surface area contributed by atoms with Crippen molar-refractivity contribution in [2.75, 3.05) is 19.0 Å². The molecule has 4 rings (SSSR count). The summed E-state index contributed by atoms with van der Waals surface area (Å²) in [6.07, 6.45) is 3.36. The Bertz CT molecular complexity index is 947. The number of ether oxygens (including phenoxy) is 1. The number of benzene rings is 2. The molecule has 2 aromatic carbocycles. The third kappa shape index (κ3) is 3.51. The van der Waals surface area contributed by atoms with Crippen LogP contribution in [-0.2, 0) is 4.74 Å². The third-order valence-electron chi connectivity index (χ3n) is 7.71. The maximum atomic E-state index is 12.7. The Morgan fingerprint density at radius 3 is 2.00 bits per heavy atom. The van der Waals surface area contributed by atoms with Crippen molar-refractivity contribution >= 4 is 23.0 Å². The van der Waals surface area contributed by atoms with Crippen LogP contribution >= 0.6 is 0 Å². The average molecular weight is 406 g/mol. The molecule has 2 aliphatic carbocycles. The van der Waals surface area contributed by atoms with Gasteiger partial charge in [0.05, 0.1) is 16.9 Å². The van der Waals surface area contributed by atoms with Crippen LogP contribution in [0.5, 0.6) is 0 Å². The Labute approximate surface area is 179 Å². The SMILES string of the molecule is CN(C)c1ccc(N=Nc2ccc(C(=O)O[C@H]3C[C@H]4CC[C@]3(C)C4(C)C)cc2)cc1. The van der Waals surface area contributed by atoms with Crippen LogP contribution in [0.25, 0.3) is 0 Å². The predicted octanol–water partition coefficient (Wildman–Crippen LogP) is 6.54. The lowest BCUT2D eigenvalue weighted by Crippen LogP contribution is -2.38. The maximum Gasteiger partial charge on any atom is 0.338 e. The van der Waals surface area contributed by atoms with E-state index in [1.807, 2.05) is 43.3 Å². The third-order valence-corrected chi connectivity index (χ3v) is 7.71. The van der Waals surface area contributed by atoms with E-state index < -0.39 is 0 Å². The van der Waals surface area contributed by atoms with E-state index in [9.17, 15) is 4.79 Å². The van der Waals surface area contributed by atoms with Crippen molar-refractivity contribution in [3.05, 3.63) is 54.1 Å². The predicted molar refractivity (Wildman–Crippen MR) is 120 cm³/mol. The fourth-order valence-corrected chi connectivity index (χ4v) is 5.10. The summed E-state index contributed by atoms with van der Waals surface area (Å²) in [5, 5.41) is 8.55. The second kappa shape index (κ2) is 7.53. The Kier molecular flexibility index (Phi) is 5.16. The van der Waals surface area contributed by atoms with E-state index >= 15 is 0 Å². The van der Waals surface area contributed by atoms with Gasteiger partial charge in [0, 0.05) is 25.2 Å². The van der Waals surface area contributed by atoms with Crippen molar-refractivity contribution in [3.63, 3.8) is 0 Å². The first kappa shape index (κ1) is 20.6. The Morgan fingerprint density at radius 2 is 1.53 bits per heavy atom. The number of fused-ring (bicyclic) bond motifs is 2. The number of nitrogens with zero attached hydrogens (tertiary/aromatic N) is 3. The molecule has 0 heterocycles. The van der Waals surface area contributed by atoms with Crippen LogP contribution in [0.3, 0.4) is 0 Å². The lowest BCUT2D eigenvalue weighted by molar-refractivity contribution is -0.0242. The molecule has 3 atom stereocenters. The molecule has 0 unspecified atom stereocenters. The number of anilines is 1. The Hall–Kier alpha value is -2.69. The van der Waals surface area contributed by atoms with E-state index in [2.05, 4.69) is 31.0 Å². The summed E-state index contributed by atoms with van der Waals surface area (Å²) in [6.45, 7) is 6.94. The molecule has 5 nitrogen and oxygen atoms in total. The minimum atomic E-state index is -0.243. The molecule has 0 saturated heterocycles. The quantitative estimate of drug-likeness (QED) is 0.419. The van der Waals surface area contributed by atoms with E-state index in [4.69, 9.17) is 4.74 Å². The van der Waals surface area contributed by atoms with E-state index in [-0.39, 0.29) is 22.9 Å². The summed E-state index contributed by atoms with van der Waals surface area (Å²) in [7, 11) is 4.00. The van der Waals surface area contributed by atoms with Crippen molar-refractivity contribution in [3.8, 4) is 0 Å². The van der Waals surface area contributed by atoms with Crippen LogP contribution in [0.15, 0.2) is 58.8 Å². The largest absolute Gasteiger partial charge is 0.458 e. The zero-order valence-electron chi connectivity index (χ0n) is 18.6. The molecule has 0 aromatic heterocycles. The zero-order valence-corrected chi connectivity index (χ0v) is 18.6. The normalized spacial score (nSPS) is 26.8. The van der Waals surface area contributed by atoms with Gasteiger partial charge >= 0.3 is 5.97 Å². The fourth-order valence-electron chi connectivity index (χ4n) is 5.10. The van der Waals surface area contributed by atoms with Crippen molar-refractivity contribution in [2.24, 2.45) is 27.0 Å². The van der Waals surface area contributed by atoms with Gasteiger partial charge in [0.15, 0.2) is 0 Å². The molecule has 5 heteroatoms. The number of rotatable bonds is 5. The molecule has 2 aliphatic rings. The average Bonchev–Trinajstić information content (AvgIpc) is 3.06. The highest BCUT2D eigenvalue weighted by Crippen LogP contribution is 2.66. The molecule has 0 N–H and O–H groups in total. The molecular formula is C25H31N3O2. The first-order valence-electron chi connectivity index (χ1n) is 10.7. The van der Waals surface area contributed by atoms with Gasteiger partial charge < -0.3 is 9.64 Å². The van der Waals surface area contributed by atoms with E-state index in [0.29, 0.717) is 17.2 Å². The van der Waals surface area contributed by atoms with Crippen LogP contribution in [0.4, 0.5) is 17.1 Å². The van der Waals surface area contributed by atoms with Crippen molar-refractivity contribution < 1.29 is 9.53 Å². The van der Waals surface area contributed by atoms with Gasteiger partial charge in [0.1, 0.15) is 6.10 Å². The summed E-state index contributed by atoms with van der Waals surface area (Å²) < 4.78 is 5.97. The molecule has 2 aromatic rings.